The number of hydrogen-bond donors (Lipinski definition) is 2. The zero-order chi connectivity index (χ0) is 27.1. The van der Waals surface area contributed by atoms with Gasteiger partial charge in [-0.05, 0) is 29.8 Å². The van der Waals surface area contributed by atoms with Gasteiger partial charge in [0.2, 0.25) is 0 Å². The lowest BCUT2D eigenvalue weighted by molar-refractivity contribution is -0.138. The maximum absolute atomic E-state index is 14.7. The fourth-order valence-electron chi connectivity index (χ4n) is 3.76. The molecule has 0 aliphatic rings. The van der Waals surface area contributed by atoms with Crippen molar-refractivity contribution in [3.63, 3.8) is 0 Å². The predicted octanol–water partition coefficient (Wildman–Crippen LogP) is 5.82. The molecular formula is C24H16Cl2F4N4O3. The van der Waals surface area contributed by atoms with E-state index in [9.17, 15) is 32.3 Å². The third-order valence-corrected chi connectivity index (χ3v) is 6.04. The van der Waals surface area contributed by atoms with Crippen LogP contribution in [0.1, 0.15) is 34.4 Å². The Morgan fingerprint density at radius 1 is 1.14 bits per heavy atom. The minimum Gasteiger partial charge on any atom is -0.504 e. The van der Waals surface area contributed by atoms with Crippen molar-refractivity contribution in [3.05, 3.63) is 91.5 Å². The van der Waals surface area contributed by atoms with Crippen LogP contribution < -0.4 is 10.9 Å². The molecule has 2 heterocycles. The first kappa shape index (κ1) is 26.4. The average Bonchev–Trinajstić information content (AvgIpc) is 2.84. The zero-order valence-corrected chi connectivity index (χ0v) is 20.3. The van der Waals surface area contributed by atoms with Crippen molar-refractivity contribution in [1.29, 1.82) is 0 Å². The summed E-state index contributed by atoms with van der Waals surface area (Å²) in [7, 11) is 0. The maximum atomic E-state index is 14.7. The molecule has 2 aromatic heterocycles. The number of carbonyl (C=O) groups excluding carboxylic acids is 1. The van der Waals surface area contributed by atoms with E-state index in [1.54, 1.807) is 6.92 Å². The van der Waals surface area contributed by atoms with Crippen molar-refractivity contribution < 1.29 is 27.5 Å². The molecule has 4 aromatic rings. The highest BCUT2D eigenvalue weighted by atomic mass is 35.5. The molecule has 0 bridgehead atoms. The monoisotopic (exact) mass is 554 g/mol. The number of aromatic hydroxyl groups is 1. The van der Waals surface area contributed by atoms with E-state index in [2.05, 4.69) is 15.3 Å². The van der Waals surface area contributed by atoms with Crippen molar-refractivity contribution in [3.8, 4) is 5.75 Å². The van der Waals surface area contributed by atoms with Crippen molar-refractivity contribution in [2.45, 2.75) is 26.1 Å². The number of hydrogen-bond acceptors (Lipinski definition) is 5. The molecule has 0 aliphatic carbocycles. The van der Waals surface area contributed by atoms with Crippen molar-refractivity contribution in [2.24, 2.45) is 0 Å². The Kier molecular flexibility index (Phi) is 7.11. The van der Waals surface area contributed by atoms with Gasteiger partial charge >= 0.3 is 6.18 Å². The largest absolute Gasteiger partial charge is 0.504 e. The molecule has 13 heteroatoms. The summed E-state index contributed by atoms with van der Waals surface area (Å²) in [5.74, 6) is -2.25. The van der Waals surface area contributed by atoms with E-state index in [1.807, 2.05) is 0 Å². The lowest BCUT2D eigenvalue weighted by Crippen LogP contribution is -2.28. The summed E-state index contributed by atoms with van der Waals surface area (Å²) >= 11 is 11.6. The molecule has 0 unspecified atom stereocenters. The van der Waals surface area contributed by atoms with Crippen molar-refractivity contribution in [1.82, 2.24) is 14.5 Å². The first-order chi connectivity index (χ1) is 17.4. The lowest BCUT2D eigenvalue weighted by Gasteiger charge is -2.17. The average molecular weight is 555 g/mol. The molecule has 0 fully saturated rings. The second-order valence-corrected chi connectivity index (χ2v) is 8.59. The number of halogens is 6. The normalized spacial score (nSPS) is 11.6. The standard InChI is InChI=1S/C24H16Cl2F4N4O3/c1-2-17-33-19-14(27)7-8-15(32-22(36)16-9-13(25)20(35)21(26)31-16)18(19)23(37)34(17)10-11-5-3-4-6-12(11)24(28,29)30/h3-9,35H,2,10H2,1H3,(H,32,36). The molecule has 0 saturated carbocycles. The van der Waals surface area contributed by atoms with Crippen LogP contribution in [-0.4, -0.2) is 25.5 Å². The second kappa shape index (κ2) is 9.98. The minimum atomic E-state index is -4.66. The van der Waals surface area contributed by atoms with Crippen molar-refractivity contribution in [2.75, 3.05) is 5.32 Å². The number of anilines is 1. The van der Waals surface area contributed by atoms with Crippen molar-refractivity contribution >= 4 is 45.7 Å². The predicted molar refractivity (Wildman–Crippen MR) is 130 cm³/mol. The highest BCUT2D eigenvalue weighted by Crippen LogP contribution is 2.33. The molecule has 1 amide bonds. The number of benzene rings is 2. The van der Waals surface area contributed by atoms with Crippen LogP contribution in [0.25, 0.3) is 10.9 Å². The molecule has 0 saturated heterocycles. The topological polar surface area (TPSA) is 97.1 Å². The molecule has 37 heavy (non-hydrogen) atoms. The number of carbonyl (C=O) groups is 1. The smallest absolute Gasteiger partial charge is 0.416 e. The van der Waals surface area contributed by atoms with E-state index in [0.717, 1.165) is 28.8 Å². The molecule has 7 nitrogen and oxygen atoms in total. The van der Waals surface area contributed by atoms with Gasteiger partial charge in [-0.25, -0.2) is 14.4 Å². The van der Waals surface area contributed by atoms with Gasteiger partial charge in [-0.15, -0.1) is 0 Å². The summed E-state index contributed by atoms with van der Waals surface area (Å²) in [6.07, 6.45) is -4.55. The molecule has 2 aromatic carbocycles. The molecular weight excluding hydrogens is 539 g/mol. The van der Waals surface area contributed by atoms with Crippen LogP contribution in [0, 0.1) is 5.82 Å². The van der Waals surface area contributed by atoms with Gasteiger partial charge in [0.05, 0.1) is 28.2 Å². The van der Waals surface area contributed by atoms with E-state index < -0.39 is 46.5 Å². The van der Waals surface area contributed by atoms with Gasteiger partial charge in [0.25, 0.3) is 11.5 Å². The van der Waals surface area contributed by atoms with E-state index in [0.29, 0.717) is 0 Å². The highest BCUT2D eigenvalue weighted by Gasteiger charge is 2.33. The molecule has 4 rings (SSSR count). The third kappa shape index (κ3) is 5.09. The van der Waals surface area contributed by atoms with Gasteiger partial charge in [-0.2, -0.15) is 13.2 Å². The van der Waals surface area contributed by atoms with Gasteiger partial charge in [-0.3, -0.25) is 14.2 Å². The van der Waals surface area contributed by atoms with Crippen LogP contribution in [0.15, 0.2) is 47.3 Å². The number of aromatic nitrogens is 3. The number of nitrogens with one attached hydrogen (secondary N) is 1. The summed E-state index contributed by atoms with van der Waals surface area (Å²) < 4.78 is 56.4. The van der Waals surface area contributed by atoms with Crippen LogP contribution in [0.4, 0.5) is 23.2 Å². The molecule has 0 spiro atoms. The third-order valence-electron chi connectivity index (χ3n) is 5.49. The molecule has 0 atom stereocenters. The summed E-state index contributed by atoms with van der Waals surface area (Å²) in [6.45, 7) is 1.13. The zero-order valence-electron chi connectivity index (χ0n) is 18.8. The summed E-state index contributed by atoms with van der Waals surface area (Å²) in [6, 6.07) is 7.89. The van der Waals surface area contributed by atoms with Crippen LogP contribution in [0.2, 0.25) is 10.2 Å². The van der Waals surface area contributed by atoms with E-state index in [1.165, 1.54) is 18.2 Å². The Labute approximate surface area is 216 Å². The molecule has 0 radical (unpaired) electrons. The van der Waals surface area contributed by atoms with Crippen LogP contribution in [0.5, 0.6) is 5.75 Å². The number of pyridine rings is 1. The Balaban J connectivity index is 1.86. The first-order valence-corrected chi connectivity index (χ1v) is 11.4. The van der Waals surface area contributed by atoms with Gasteiger partial charge in [0.15, 0.2) is 10.9 Å². The van der Waals surface area contributed by atoms with E-state index in [-0.39, 0.29) is 45.1 Å². The molecule has 2 N–H and O–H groups in total. The number of nitrogens with zero attached hydrogens (tertiary/aromatic N) is 3. The van der Waals surface area contributed by atoms with Crippen LogP contribution in [-0.2, 0) is 19.1 Å². The summed E-state index contributed by atoms with van der Waals surface area (Å²) in [5.41, 5.74) is -2.82. The highest BCUT2D eigenvalue weighted by molar-refractivity contribution is 6.36. The maximum Gasteiger partial charge on any atom is 0.416 e. The first-order valence-electron chi connectivity index (χ1n) is 10.7. The van der Waals surface area contributed by atoms with Crippen LogP contribution in [0.3, 0.4) is 0 Å². The number of alkyl halides is 3. The second-order valence-electron chi connectivity index (χ2n) is 7.83. The van der Waals surface area contributed by atoms with Gasteiger partial charge in [0, 0.05) is 6.42 Å². The Hall–Kier alpha value is -3.70. The molecule has 192 valence electrons. The Morgan fingerprint density at radius 3 is 2.49 bits per heavy atom. The summed E-state index contributed by atoms with van der Waals surface area (Å²) in [5, 5.41) is 11.0. The van der Waals surface area contributed by atoms with E-state index >= 15 is 0 Å². The Bertz CT molecular complexity index is 1580. The van der Waals surface area contributed by atoms with Gasteiger partial charge in [-0.1, -0.05) is 48.3 Å². The number of aryl methyl sites for hydroxylation is 1. The van der Waals surface area contributed by atoms with Gasteiger partial charge in [0.1, 0.15) is 22.9 Å². The fourth-order valence-corrected chi connectivity index (χ4v) is 4.19. The lowest BCUT2D eigenvalue weighted by atomic mass is 10.1. The fraction of sp³-hybridized carbons (Fsp3) is 0.167. The number of rotatable bonds is 5. The number of amides is 1. The summed E-state index contributed by atoms with van der Waals surface area (Å²) in [4.78, 5) is 34.3. The quantitative estimate of drug-likeness (QED) is 0.239. The Morgan fingerprint density at radius 2 is 1.84 bits per heavy atom. The van der Waals surface area contributed by atoms with Gasteiger partial charge < -0.3 is 10.4 Å². The SMILES string of the molecule is CCc1nc2c(F)ccc(NC(=O)c3cc(Cl)c(O)c(Cl)n3)c2c(=O)n1Cc1ccccc1C(F)(F)F. The van der Waals surface area contributed by atoms with E-state index in [4.69, 9.17) is 23.2 Å². The molecule has 0 aliphatic heterocycles. The van der Waals surface area contributed by atoms with Crippen LogP contribution >= 0.6 is 23.2 Å². The minimum absolute atomic E-state index is 0.0515. The number of fused-ring (bicyclic) bond motifs is 1.